The zero-order chi connectivity index (χ0) is 29.7. The van der Waals surface area contributed by atoms with E-state index in [1.165, 1.54) is 27.3 Å². The molecule has 0 amide bonds. The van der Waals surface area contributed by atoms with Crippen LogP contribution in [0, 0.1) is 0 Å². The predicted octanol–water partition coefficient (Wildman–Crippen LogP) is 10.7. The molecule has 0 aliphatic rings. The molecule has 0 aliphatic heterocycles. The molecule has 2 heterocycles. The van der Waals surface area contributed by atoms with E-state index in [0.29, 0.717) is 17.5 Å². The lowest BCUT2D eigenvalue weighted by molar-refractivity contribution is 0.669. The fourth-order valence-corrected chi connectivity index (χ4v) is 6.14. The van der Waals surface area contributed by atoms with Gasteiger partial charge in [0.25, 0.3) is 0 Å². The largest absolute Gasteiger partial charge is 0.456 e. The van der Waals surface area contributed by atoms with Crippen LogP contribution < -0.4 is 0 Å². The van der Waals surface area contributed by atoms with E-state index in [1.54, 1.807) is 0 Å². The average Bonchev–Trinajstić information content (AvgIpc) is 3.47. The molecule has 9 aromatic rings. The summed E-state index contributed by atoms with van der Waals surface area (Å²) in [5.74, 6) is 1.91. The van der Waals surface area contributed by atoms with Crippen LogP contribution in [0.1, 0.15) is 0 Å². The molecule has 0 unspecified atom stereocenters. The highest BCUT2D eigenvalue weighted by molar-refractivity contribution is 6.11. The standard InChI is InChI=1S/C41H25N3O/c1-3-10-27(11-4-1)39-42-40(28-12-5-2-6-13-28)44-41(43-39)33-19-20-37-35(23-33)36-24-34-22-31(17-18-32(34)25-38(36)45-37)30-16-15-26-9-7-8-14-29(26)21-30/h1-25H. The van der Waals surface area contributed by atoms with Crippen LogP contribution in [0.3, 0.4) is 0 Å². The van der Waals surface area contributed by atoms with Crippen molar-refractivity contribution >= 4 is 43.5 Å². The van der Waals surface area contributed by atoms with Crippen LogP contribution in [0.25, 0.3) is 88.8 Å². The summed E-state index contributed by atoms with van der Waals surface area (Å²) in [5.41, 5.74) is 6.88. The van der Waals surface area contributed by atoms with Crippen LogP contribution in [0.2, 0.25) is 0 Å². The van der Waals surface area contributed by atoms with Gasteiger partial charge in [-0.1, -0.05) is 109 Å². The molecular weight excluding hydrogens is 550 g/mol. The smallest absolute Gasteiger partial charge is 0.164 e. The lowest BCUT2D eigenvalue weighted by Gasteiger charge is -2.08. The molecule has 4 nitrogen and oxygen atoms in total. The summed E-state index contributed by atoms with van der Waals surface area (Å²) in [4.78, 5) is 14.7. The van der Waals surface area contributed by atoms with E-state index in [1.807, 2.05) is 72.8 Å². The lowest BCUT2D eigenvalue weighted by atomic mass is 9.97. The van der Waals surface area contributed by atoms with Gasteiger partial charge in [-0.3, -0.25) is 0 Å². The van der Waals surface area contributed by atoms with Crippen molar-refractivity contribution in [2.75, 3.05) is 0 Å². The fourth-order valence-electron chi connectivity index (χ4n) is 6.14. The second-order valence-electron chi connectivity index (χ2n) is 11.3. The molecule has 9 rings (SSSR count). The van der Waals surface area contributed by atoms with Crippen LogP contribution in [0.15, 0.2) is 156 Å². The Hall–Kier alpha value is -6.13. The summed E-state index contributed by atoms with van der Waals surface area (Å²) in [7, 11) is 0. The molecule has 4 heteroatoms. The highest BCUT2D eigenvalue weighted by atomic mass is 16.3. The molecule has 0 N–H and O–H groups in total. The second-order valence-corrected chi connectivity index (χ2v) is 11.3. The zero-order valence-electron chi connectivity index (χ0n) is 24.2. The maximum atomic E-state index is 6.35. The summed E-state index contributed by atoms with van der Waals surface area (Å²) in [5, 5.41) is 6.89. The third kappa shape index (κ3) is 4.52. The molecule has 0 bridgehead atoms. The Labute approximate surface area is 259 Å². The monoisotopic (exact) mass is 575 g/mol. The van der Waals surface area contributed by atoms with Crippen molar-refractivity contribution in [2.24, 2.45) is 0 Å². The molecule has 0 fully saturated rings. The van der Waals surface area contributed by atoms with E-state index in [0.717, 1.165) is 44.0 Å². The Kier molecular flexibility index (Phi) is 5.78. The van der Waals surface area contributed by atoms with Crippen molar-refractivity contribution in [2.45, 2.75) is 0 Å². The van der Waals surface area contributed by atoms with Crippen molar-refractivity contribution < 1.29 is 4.42 Å². The maximum absolute atomic E-state index is 6.35. The van der Waals surface area contributed by atoms with Gasteiger partial charge in [0.05, 0.1) is 0 Å². The summed E-state index contributed by atoms with van der Waals surface area (Å²) in [6, 6.07) is 52.4. The van der Waals surface area contributed by atoms with E-state index in [9.17, 15) is 0 Å². The molecular formula is C41H25N3O. The number of aromatic nitrogens is 3. The van der Waals surface area contributed by atoms with Gasteiger partial charge in [0.1, 0.15) is 11.2 Å². The number of hydrogen-bond donors (Lipinski definition) is 0. The minimum atomic E-state index is 0.623. The molecule has 0 saturated heterocycles. The van der Waals surface area contributed by atoms with Crippen LogP contribution in [0.5, 0.6) is 0 Å². The Balaban J connectivity index is 1.19. The Morgan fingerprint density at radius 2 is 0.822 bits per heavy atom. The van der Waals surface area contributed by atoms with Gasteiger partial charge in [0.15, 0.2) is 17.5 Å². The summed E-state index contributed by atoms with van der Waals surface area (Å²) < 4.78 is 6.35. The van der Waals surface area contributed by atoms with Crippen molar-refractivity contribution in [3.05, 3.63) is 152 Å². The molecule has 0 spiro atoms. The third-order valence-electron chi connectivity index (χ3n) is 8.47. The van der Waals surface area contributed by atoms with Crippen molar-refractivity contribution in [1.82, 2.24) is 15.0 Å². The molecule has 0 atom stereocenters. The van der Waals surface area contributed by atoms with E-state index >= 15 is 0 Å². The number of benzene rings is 7. The number of fused-ring (bicyclic) bond motifs is 5. The molecule has 0 radical (unpaired) electrons. The van der Waals surface area contributed by atoms with Crippen molar-refractivity contribution in [3.63, 3.8) is 0 Å². The van der Waals surface area contributed by atoms with Gasteiger partial charge < -0.3 is 4.42 Å². The first-order valence-electron chi connectivity index (χ1n) is 15.0. The highest BCUT2D eigenvalue weighted by Gasteiger charge is 2.15. The van der Waals surface area contributed by atoms with Crippen LogP contribution in [-0.4, -0.2) is 15.0 Å². The first-order chi connectivity index (χ1) is 22.2. The van der Waals surface area contributed by atoms with Gasteiger partial charge in [-0.25, -0.2) is 15.0 Å². The van der Waals surface area contributed by atoms with E-state index in [2.05, 4.69) is 78.9 Å². The van der Waals surface area contributed by atoms with Gasteiger partial charge >= 0.3 is 0 Å². The zero-order valence-corrected chi connectivity index (χ0v) is 24.2. The number of rotatable bonds is 4. The second kappa shape index (κ2) is 10.2. The topological polar surface area (TPSA) is 51.8 Å². The Morgan fingerprint density at radius 1 is 0.311 bits per heavy atom. The van der Waals surface area contributed by atoms with Gasteiger partial charge in [0.2, 0.25) is 0 Å². The Morgan fingerprint density at radius 3 is 1.51 bits per heavy atom. The van der Waals surface area contributed by atoms with Crippen molar-refractivity contribution in [3.8, 4) is 45.3 Å². The van der Waals surface area contributed by atoms with E-state index in [4.69, 9.17) is 19.4 Å². The molecule has 0 aliphatic carbocycles. The minimum Gasteiger partial charge on any atom is -0.456 e. The van der Waals surface area contributed by atoms with Gasteiger partial charge in [-0.15, -0.1) is 0 Å². The van der Waals surface area contributed by atoms with Crippen LogP contribution in [0.4, 0.5) is 0 Å². The number of hydrogen-bond acceptors (Lipinski definition) is 4. The first-order valence-corrected chi connectivity index (χ1v) is 15.0. The number of nitrogens with zero attached hydrogens (tertiary/aromatic N) is 3. The quantitative estimate of drug-likeness (QED) is 0.209. The number of furan rings is 1. The van der Waals surface area contributed by atoms with Crippen LogP contribution in [-0.2, 0) is 0 Å². The minimum absolute atomic E-state index is 0.623. The molecule has 7 aromatic carbocycles. The highest BCUT2D eigenvalue weighted by Crippen LogP contribution is 2.36. The fraction of sp³-hybridized carbons (Fsp3) is 0. The maximum Gasteiger partial charge on any atom is 0.164 e. The van der Waals surface area contributed by atoms with Gasteiger partial charge in [-0.2, -0.15) is 0 Å². The molecule has 0 saturated carbocycles. The predicted molar refractivity (Wildman–Crippen MR) is 184 cm³/mol. The summed E-state index contributed by atoms with van der Waals surface area (Å²) in [6.45, 7) is 0. The summed E-state index contributed by atoms with van der Waals surface area (Å²) in [6.07, 6.45) is 0. The molecule has 45 heavy (non-hydrogen) atoms. The lowest BCUT2D eigenvalue weighted by Crippen LogP contribution is -2.00. The van der Waals surface area contributed by atoms with Crippen molar-refractivity contribution in [1.29, 1.82) is 0 Å². The average molecular weight is 576 g/mol. The van der Waals surface area contributed by atoms with E-state index < -0.39 is 0 Å². The first kappa shape index (κ1) is 25.4. The third-order valence-corrected chi connectivity index (χ3v) is 8.47. The molecule has 210 valence electrons. The van der Waals surface area contributed by atoms with E-state index in [-0.39, 0.29) is 0 Å². The molecule has 2 aromatic heterocycles. The van der Waals surface area contributed by atoms with Crippen LogP contribution >= 0.6 is 0 Å². The SMILES string of the molecule is c1ccc(-c2nc(-c3ccccc3)nc(-c3ccc4oc5cc6ccc(-c7ccc8ccccc8c7)cc6cc5c4c3)n2)cc1. The van der Waals surface area contributed by atoms with Gasteiger partial charge in [-0.05, 0) is 75.1 Å². The summed E-state index contributed by atoms with van der Waals surface area (Å²) >= 11 is 0. The normalized spacial score (nSPS) is 11.6. The van der Waals surface area contributed by atoms with Gasteiger partial charge in [0, 0.05) is 27.5 Å². The Bertz CT molecular complexity index is 2480.